The molecule has 1 saturated heterocycles. The highest BCUT2D eigenvalue weighted by Gasteiger charge is 2.62. The Bertz CT molecular complexity index is 2280. The van der Waals surface area contributed by atoms with Gasteiger partial charge in [0, 0.05) is 35.4 Å². The van der Waals surface area contributed by atoms with Crippen LogP contribution in [0.3, 0.4) is 0 Å². The van der Waals surface area contributed by atoms with Crippen LogP contribution in [0.5, 0.6) is 11.5 Å². The van der Waals surface area contributed by atoms with E-state index in [4.69, 9.17) is 28.4 Å². The Morgan fingerprint density at radius 2 is 1.74 bits per heavy atom. The number of alkyl carbamates (subject to hydrolysis) is 1. The van der Waals surface area contributed by atoms with E-state index >= 15 is 0 Å². The van der Waals surface area contributed by atoms with Crippen molar-refractivity contribution in [3.05, 3.63) is 29.6 Å². The van der Waals surface area contributed by atoms with Gasteiger partial charge in [0.1, 0.15) is 46.5 Å². The molecule has 334 valence electrons. The molecule has 0 bridgehead atoms. The summed E-state index contributed by atoms with van der Waals surface area (Å²) in [6.07, 6.45) is 0.116. The number of hydrogen-bond donors (Lipinski definition) is 4. The first-order chi connectivity index (χ1) is 28.3. The molecule has 0 spiro atoms. The predicted octanol–water partition coefficient (Wildman–Crippen LogP) is 5.69. The van der Waals surface area contributed by atoms with Crippen molar-refractivity contribution < 1.29 is 46.0 Å². The first-order valence-corrected chi connectivity index (χ1v) is 22.9. The average molecular weight is 886 g/mol. The third-order valence-corrected chi connectivity index (χ3v) is 12.7. The quantitative estimate of drug-likeness (QED) is 0.145. The van der Waals surface area contributed by atoms with Gasteiger partial charge in [-0.3, -0.25) is 14.4 Å². The van der Waals surface area contributed by atoms with Crippen molar-refractivity contribution in [2.24, 2.45) is 11.3 Å². The largest absolute Gasteiger partial charge is 0.497 e. The second-order valence-corrected chi connectivity index (χ2v) is 21.0. The lowest BCUT2D eigenvalue weighted by Crippen LogP contribution is -2.60. The molecule has 2 aliphatic carbocycles. The molecule has 4 N–H and O–H groups in total. The molecule has 0 unspecified atom stereocenters. The number of thiazole rings is 1. The molecule has 3 fully saturated rings. The van der Waals surface area contributed by atoms with E-state index in [9.17, 15) is 27.6 Å². The lowest BCUT2D eigenvalue weighted by atomic mass is 9.85. The second kappa shape index (κ2) is 16.8. The SMILES string of the molecule is CC[C@@H]1C[C@]1(NC(=O)[C@@H]1C[C@@H](Oc2cc(-c3csc(NC(C)C)n3)nc3cc(OC)ccc23)CN1C(=O)[C@@H](NC(=O)OC(C)(C)C)C(C)(C)C)C(=O)NS(=O)(=O)OC1(C)CC1. The van der Waals surface area contributed by atoms with Gasteiger partial charge in [-0.1, -0.05) is 34.1 Å². The van der Waals surface area contributed by atoms with E-state index in [2.05, 4.69) is 16.0 Å². The number of aromatic nitrogens is 2. The Labute approximate surface area is 361 Å². The number of likely N-dealkylation sites (tertiary alicyclic amines) is 1. The van der Waals surface area contributed by atoms with Crippen molar-refractivity contribution in [1.29, 1.82) is 0 Å². The van der Waals surface area contributed by atoms with Crippen molar-refractivity contribution in [3.63, 3.8) is 0 Å². The maximum absolute atomic E-state index is 14.8. The zero-order valence-corrected chi connectivity index (χ0v) is 38.4. The number of anilines is 1. The Morgan fingerprint density at radius 1 is 1.03 bits per heavy atom. The standard InChI is InChI=1S/C42H59N7O10S2/c1-12-24-20-42(24,36(52)48-61(54,55)59-41(10)15-16-41)47-34(50)31-18-26(21-49(31)35(51)33(39(4,5)6)46-38(53)58-40(7,8)9)57-32-19-29(30-22-60-37(45-30)43-23(2)3)44-28-17-25(56-11)13-14-27(28)32/h13-14,17,19,22-24,26,31,33H,12,15-16,18,20-21H2,1-11H3,(H,43,45)(H,46,53)(H,47,50)(H,48,52)/t24-,26-,31+,33-,42-/m1/s1. The summed E-state index contributed by atoms with van der Waals surface area (Å²) < 4.78 is 50.8. The fourth-order valence-electron chi connectivity index (χ4n) is 7.39. The number of nitrogens with zero attached hydrogens (tertiary/aromatic N) is 3. The highest BCUT2D eigenvalue weighted by Crippen LogP contribution is 2.47. The summed E-state index contributed by atoms with van der Waals surface area (Å²) in [4.78, 5) is 67.3. The lowest BCUT2D eigenvalue weighted by Gasteiger charge is -2.36. The maximum atomic E-state index is 14.8. The van der Waals surface area contributed by atoms with Gasteiger partial charge in [0.15, 0.2) is 5.13 Å². The molecule has 5 atom stereocenters. The topological polar surface area (TPSA) is 216 Å². The number of methoxy groups -OCH3 is 1. The number of nitrogens with one attached hydrogen (secondary N) is 4. The Morgan fingerprint density at radius 3 is 2.33 bits per heavy atom. The minimum Gasteiger partial charge on any atom is -0.497 e. The van der Waals surface area contributed by atoms with Gasteiger partial charge in [0.2, 0.25) is 11.8 Å². The molecular formula is C42H59N7O10S2. The average Bonchev–Trinajstić information content (AvgIpc) is 3.91. The van der Waals surface area contributed by atoms with E-state index < -0.39 is 74.5 Å². The molecule has 19 heteroatoms. The number of carbonyl (C=O) groups excluding carboxylic acids is 4. The summed E-state index contributed by atoms with van der Waals surface area (Å²) in [5.74, 6) is -1.55. The summed E-state index contributed by atoms with van der Waals surface area (Å²) in [6.45, 7) is 17.9. The smallest absolute Gasteiger partial charge is 0.408 e. The number of amides is 4. The van der Waals surface area contributed by atoms with Crippen molar-refractivity contribution in [3.8, 4) is 22.9 Å². The van der Waals surface area contributed by atoms with E-state index in [1.165, 1.54) is 16.2 Å². The maximum Gasteiger partial charge on any atom is 0.408 e. The summed E-state index contributed by atoms with van der Waals surface area (Å²) in [5, 5.41) is 12.2. The molecule has 3 aromatic rings. The fourth-order valence-corrected chi connectivity index (χ4v) is 9.39. The summed E-state index contributed by atoms with van der Waals surface area (Å²) in [5.41, 5.74) is -2.44. The van der Waals surface area contributed by atoms with Gasteiger partial charge in [0.25, 0.3) is 5.91 Å². The summed E-state index contributed by atoms with van der Waals surface area (Å²) in [6, 6.07) is 4.96. The van der Waals surface area contributed by atoms with Crippen LogP contribution in [0.4, 0.5) is 9.93 Å². The normalized spacial score (nSPS) is 22.6. The minimum absolute atomic E-state index is 0.0103. The van der Waals surface area contributed by atoms with E-state index in [1.807, 2.05) is 36.9 Å². The van der Waals surface area contributed by atoms with Crippen molar-refractivity contribution in [1.82, 2.24) is 30.2 Å². The molecule has 1 aromatic carbocycles. The molecule has 3 heterocycles. The Kier molecular flexibility index (Phi) is 12.6. The molecule has 6 rings (SSSR count). The lowest BCUT2D eigenvalue weighted by molar-refractivity contribution is -0.143. The molecule has 2 saturated carbocycles. The first-order valence-electron chi connectivity index (χ1n) is 20.6. The highest BCUT2D eigenvalue weighted by molar-refractivity contribution is 7.85. The van der Waals surface area contributed by atoms with Crippen molar-refractivity contribution in [2.45, 2.75) is 142 Å². The zero-order chi connectivity index (χ0) is 44.9. The van der Waals surface area contributed by atoms with Crippen LogP contribution >= 0.6 is 11.3 Å². The predicted molar refractivity (Wildman–Crippen MR) is 230 cm³/mol. The fraction of sp³-hybridized carbons (Fsp3) is 0.619. The van der Waals surface area contributed by atoms with Crippen LogP contribution in [-0.2, 0) is 33.6 Å². The molecule has 17 nitrogen and oxygen atoms in total. The highest BCUT2D eigenvalue weighted by atomic mass is 32.2. The van der Waals surface area contributed by atoms with E-state index in [0.717, 1.165) is 5.13 Å². The molecular weight excluding hydrogens is 827 g/mol. The first kappa shape index (κ1) is 45.8. The Balaban J connectivity index is 1.34. The number of rotatable bonds is 15. The van der Waals surface area contributed by atoms with Crippen LogP contribution in [0.25, 0.3) is 22.3 Å². The molecule has 1 aliphatic heterocycles. The van der Waals surface area contributed by atoms with Crippen LogP contribution in [-0.4, -0.2) is 102 Å². The second-order valence-electron chi connectivity index (χ2n) is 18.8. The van der Waals surface area contributed by atoms with Crippen LogP contribution in [0, 0.1) is 11.3 Å². The van der Waals surface area contributed by atoms with Crippen molar-refractivity contribution in [2.75, 3.05) is 19.0 Å². The van der Waals surface area contributed by atoms with Gasteiger partial charge in [-0.2, -0.15) is 8.42 Å². The number of fused-ring (bicyclic) bond motifs is 1. The van der Waals surface area contributed by atoms with Crippen LogP contribution in [0.2, 0.25) is 0 Å². The van der Waals surface area contributed by atoms with Crippen molar-refractivity contribution >= 4 is 61.5 Å². The molecule has 3 aliphatic rings. The van der Waals surface area contributed by atoms with Gasteiger partial charge < -0.3 is 35.1 Å². The van der Waals surface area contributed by atoms with Gasteiger partial charge in [-0.15, -0.1) is 11.3 Å². The zero-order valence-electron chi connectivity index (χ0n) is 36.8. The number of carbonyl (C=O) groups is 4. The molecule has 0 radical (unpaired) electrons. The van der Waals surface area contributed by atoms with Gasteiger partial charge in [0.05, 0.1) is 30.5 Å². The van der Waals surface area contributed by atoms with E-state index in [0.29, 0.717) is 53.1 Å². The number of hydrogen-bond acceptors (Lipinski definition) is 14. The van der Waals surface area contributed by atoms with E-state index in [-0.39, 0.29) is 31.3 Å². The van der Waals surface area contributed by atoms with Gasteiger partial charge >= 0.3 is 16.4 Å². The van der Waals surface area contributed by atoms with Crippen LogP contribution < -0.4 is 30.1 Å². The number of benzene rings is 1. The molecule has 2 aromatic heterocycles. The molecule has 4 amide bonds. The van der Waals surface area contributed by atoms with Crippen LogP contribution in [0.1, 0.15) is 101 Å². The van der Waals surface area contributed by atoms with Gasteiger partial charge in [-0.05, 0) is 84.3 Å². The van der Waals surface area contributed by atoms with Crippen LogP contribution in [0.15, 0.2) is 29.6 Å². The number of pyridine rings is 1. The number of ether oxygens (including phenoxy) is 3. The summed E-state index contributed by atoms with van der Waals surface area (Å²) >= 11 is 1.44. The molecule has 61 heavy (non-hydrogen) atoms. The summed E-state index contributed by atoms with van der Waals surface area (Å²) in [7, 11) is -2.92. The van der Waals surface area contributed by atoms with Gasteiger partial charge in [-0.25, -0.2) is 23.7 Å². The third kappa shape index (κ3) is 10.8. The Hall–Kier alpha value is -4.75. The van der Waals surface area contributed by atoms with E-state index in [1.54, 1.807) is 73.8 Å². The third-order valence-electron chi connectivity index (χ3n) is 10.9. The minimum atomic E-state index is -4.48. The monoisotopic (exact) mass is 885 g/mol.